The molecule has 3 rings (SSSR count). The van der Waals surface area contributed by atoms with Crippen LogP contribution in [0.15, 0.2) is 35.3 Å². The zero-order valence-electron chi connectivity index (χ0n) is 16.7. The van der Waals surface area contributed by atoms with E-state index >= 15 is 0 Å². The summed E-state index contributed by atoms with van der Waals surface area (Å²) < 4.78 is 13.3. The summed E-state index contributed by atoms with van der Waals surface area (Å²) in [7, 11) is 3.23. The van der Waals surface area contributed by atoms with Crippen LogP contribution in [-0.4, -0.2) is 49.3 Å². The second-order valence-corrected chi connectivity index (χ2v) is 6.63. The fourth-order valence-electron chi connectivity index (χ4n) is 3.19. The molecule has 9 heteroatoms. The summed E-state index contributed by atoms with van der Waals surface area (Å²) in [6.45, 7) is 1.98. The molecule has 154 valence electrons. The lowest BCUT2D eigenvalue weighted by Gasteiger charge is -2.12. The van der Waals surface area contributed by atoms with Gasteiger partial charge in [0.15, 0.2) is 0 Å². The largest absolute Gasteiger partial charge is 0.385 e. The van der Waals surface area contributed by atoms with Gasteiger partial charge in [0.1, 0.15) is 10.9 Å². The molecule has 9 nitrogen and oxygen atoms in total. The predicted octanol–water partition coefficient (Wildman–Crippen LogP) is 0.520. The lowest BCUT2D eigenvalue weighted by atomic mass is 10.1. The summed E-state index contributed by atoms with van der Waals surface area (Å²) in [5.41, 5.74) is 7.31. The third kappa shape index (κ3) is 4.36. The van der Waals surface area contributed by atoms with Crippen LogP contribution in [0.1, 0.15) is 23.2 Å². The third-order valence-corrected chi connectivity index (χ3v) is 4.65. The number of nitrogen functional groups attached to an aromatic ring is 1. The normalized spacial score (nSPS) is 11.2. The maximum Gasteiger partial charge on any atom is 0.278 e. The summed E-state index contributed by atoms with van der Waals surface area (Å²) >= 11 is 0. The number of hydrogen-bond acceptors (Lipinski definition) is 6. The predicted molar refractivity (Wildman–Crippen MR) is 109 cm³/mol. The van der Waals surface area contributed by atoms with Gasteiger partial charge in [0.05, 0.1) is 6.54 Å². The number of anilines is 1. The van der Waals surface area contributed by atoms with Crippen LogP contribution in [0.2, 0.25) is 0 Å². The molecule has 3 heterocycles. The van der Waals surface area contributed by atoms with Crippen molar-refractivity contribution in [3.8, 4) is 0 Å². The summed E-state index contributed by atoms with van der Waals surface area (Å²) in [6.07, 6.45) is 2.99. The van der Waals surface area contributed by atoms with Crippen molar-refractivity contribution in [1.82, 2.24) is 14.7 Å². The Kier molecular flexibility index (Phi) is 6.73. The standard InChI is InChI=1S/C20H25N5O4/c1-28-11-5-8-22-19(26)14-13-15-18(25(17(14)21)10-6-12-29-2)23-16-7-3-4-9-24(16)20(15)27/h3-4,7,9,13,21H,5-6,8,10-12H2,1-2H3,(H,22,26)/p+1. The SMILES string of the molecule is COCCCNC(=O)c1cc2c(=O)n3ccccc3nc2[n+](CCCOC)c1N. The monoisotopic (exact) mass is 400 g/mol. The van der Waals surface area contributed by atoms with Crippen LogP contribution in [0, 0.1) is 0 Å². The molecular weight excluding hydrogens is 374 g/mol. The number of aryl methyl sites for hydroxylation is 1. The third-order valence-electron chi connectivity index (χ3n) is 4.65. The Hall–Kier alpha value is -3.04. The summed E-state index contributed by atoms with van der Waals surface area (Å²) in [4.78, 5) is 30.4. The van der Waals surface area contributed by atoms with Crippen molar-refractivity contribution in [1.29, 1.82) is 0 Å². The molecule has 0 aliphatic rings. The first kappa shape index (κ1) is 20.7. The van der Waals surface area contributed by atoms with Gasteiger partial charge in [-0.2, -0.15) is 0 Å². The van der Waals surface area contributed by atoms with E-state index in [2.05, 4.69) is 10.3 Å². The van der Waals surface area contributed by atoms with E-state index < -0.39 is 0 Å². The molecule has 0 spiro atoms. The zero-order chi connectivity index (χ0) is 20.8. The van der Waals surface area contributed by atoms with Crippen molar-refractivity contribution >= 4 is 28.4 Å². The van der Waals surface area contributed by atoms with E-state index in [1.54, 1.807) is 37.1 Å². The van der Waals surface area contributed by atoms with Gasteiger partial charge in [-0.1, -0.05) is 11.1 Å². The van der Waals surface area contributed by atoms with Gasteiger partial charge in [0, 0.05) is 46.6 Å². The number of aromatic nitrogens is 3. The number of fused-ring (bicyclic) bond motifs is 2. The van der Waals surface area contributed by atoms with Gasteiger partial charge in [0.2, 0.25) is 11.5 Å². The fourth-order valence-corrected chi connectivity index (χ4v) is 3.19. The van der Waals surface area contributed by atoms with Gasteiger partial charge in [0.25, 0.3) is 17.1 Å². The topological polar surface area (TPSA) is 112 Å². The number of nitrogens with two attached hydrogens (primary N) is 1. The Balaban J connectivity index is 2.12. The lowest BCUT2D eigenvalue weighted by molar-refractivity contribution is -0.659. The average molecular weight is 400 g/mol. The van der Waals surface area contributed by atoms with Crippen LogP contribution in [0.4, 0.5) is 5.82 Å². The minimum atomic E-state index is -0.335. The number of carbonyl (C=O) groups is 1. The molecule has 0 saturated carbocycles. The Labute approximate surface area is 168 Å². The molecule has 0 aliphatic carbocycles. The molecule has 0 atom stereocenters. The first-order valence-corrected chi connectivity index (χ1v) is 9.48. The van der Waals surface area contributed by atoms with Crippen LogP contribution in [0.3, 0.4) is 0 Å². The summed E-state index contributed by atoms with van der Waals surface area (Å²) in [5, 5.41) is 3.16. The maximum absolute atomic E-state index is 13.1. The lowest BCUT2D eigenvalue weighted by Crippen LogP contribution is -2.43. The van der Waals surface area contributed by atoms with Gasteiger partial charge < -0.3 is 20.5 Å². The molecule has 0 fully saturated rings. The van der Waals surface area contributed by atoms with Crippen LogP contribution < -0.4 is 21.2 Å². The molecule has 0 aliphatic heterocycles. The van der Waals surface area contributed by atoms with E-state index in [0.717, 1.165) is 0 Å². The van der Waals surface area contributed by atoms with Gasteiger partial charge in [-0.3, -0.25) is 14.0 Å². The highest BCUT2D eigenvalue weighted by atomic mass is 16.5. The minimum Gasteiger partial charge on any atom is -0.385 e. The highest BCUT2D eigenvalue weighted by Crippen LogP contribution is 2.15. The molecule has 0 unspecified atom stereocenters. The van der Waals surface area contributed by atoms with E-state index in [9.17, 15) is 9.59 Å². The second-order valence-electron chi connectivity index (χ2n) is 6.63. The molecule has 29 heavy (non-hydrogen) atoms. The number of carbonyl (C=O) groups excluding carboxylic acids is 1. The van der Waals surface area contributed by atoms with Crippen LogP contribution in [0.25, 0.3) is 16.7 Å². The number of ether oxygens (including phenoxy) is 2. The molecule has 3 aromatic rings. The molecule has 0 bridgehead atoms. The number of pyridine rings is 2. The second kappa shape index (κ2) is 9.44. The highest BCUT2D eigenvalue weighted by molar-refractivity contribution is 6.00. The van der Waals surface area contributed by atoms with E-state index in [-0.39, 0.29) is 22.8 Å². The van der Waals surface area contributed by atoms with Gasteiger partial charge in [-0.05, 0) is 24.6 Å². The Bertz CT molecular complexity index is 1080. The highest BCUT2D eigenvalue weighted by Gasteiger charge is 2.24. The average Bonchev–Trinajstić information content (AvgIpc) is 2.73. The molecule has 0 saturated heterocycles. The first-order chi connectivity index (χ1) is 14.1. The van der Waals surface area contributed by atoms with Crippen molar-refractivity contribution in [2.75, 3.05) is 39.7 Å². The number of hydrogen-bond donors (Lipinski definition) is 2. The van der Waals surface area contributed by atoms with Crippen molar-refractivity contribution < 1.29 is 18.8 Å². The molecule has 3 aromatic heterocycles. The van der Waals surface area contributed by atoms with Crippen molar-refractivity contribution in [2.45, 2.75) is 19.4 Å². The first-order valence-electron chi connectivity index (χ1n) is 9.48. The van der Waals surface area contributed by atoms with Crippen molar-refractivity contribution in [2.24, 2.45) is 0 Å². The summed E-state index contributed by atoms with van der Waals surface area (Å²) in [5.74, 6) is -0.0661. The van der Waals surface area contributed by atoms with Crippen LogP contribution in [-0.2, 0) is 16.0 Å². The van der Waals surface area contributed by atoms with Crippen molar-refractivity contribution in [3.63, 3.8) is 0 Å². The quantitative estimate of drug-likeness (QED) is 0.308. The Morgan fingerprint density at radius 1 is 1.24 bits per heavy atom. The van der Waals surface area contributed by atoms with Gasteiger partial charge >= 0.3 is 0 Å². The minimum absolute atomic E-state index is 0.250. The van der Waals surface area contributed by atoms with E-state index in [4.69, 9.17) is 15.2 Å². The number of nitrogens with one attached hydrogen (secondary N) is 1. The number of amides is 1. The fraction of sp³-hybridized carbons (Fsp3) is 0.400. The zero-order valence-corrected chi connectivity index (χ0v) is 16.7. The Morgan fingerprint density at radius 3 is 2.76 bits per heavy atom. The molecule has 0 aromatic carbocycles. The smallest absolute Gasteiger partial charge is 0.278 e. The van der Waals surface area contributed by atoms with Gasteiger partial charge in [-0.15, -0.1) is 0 Å². The van der Waals surface area contributed by atoms with E-state index in [0.29, 0.717) is 55.8 Å². The molecule has 1 amide bonds. The number of methoxy groups -OCH3 is 2. The maximum atomic E-state index is 13.1. The van der Waals surface area contributed by atoms with E-state index in [1.807, 2.05) is 6.07 Å². The number of nitrogens with zero attached hydrogens (tertiary/aromatic N) is 3. The van der Waals surface area contributed by atoms with E-state index in [1.165, 1.54) is 10.5 Å². The molecule has 0 radical (unpaired) electrons. The van der Waals surface area contributed by atoms with Crippen molar-refractivity contribution in [3.05, 3.63) is 46.4 Å². The van der Waals surface area contributed by atoms with Gasteiger partial charge in [-0.25, -0.2) is 4.57 Å². The molecular formula is C20H26N5O4+. The van der Waals surface area contributed by atoms with Crippen LogP contribution in [0.5, 0.6) is 0 Å². The Morgan fingerprint density at radius 2 is 2.00 bits per heavy atom. The van der Waals surface area contributed by atoms with Crippen LogP contribution >= 0.6 is 0 Å². The summed E-state index contributed by atoms with van der Waals surface area (Å²) in [6, 6.07) is 6.86. The number of rotatable bonds is 9. The molecule has 3 N–H and O–H groups in total.